The van der Waals surface area contributed by atoms with E-state index >= 15 is 0 Å². The molecule has 2 heterocycles. The smallest absolute Gasteiger partial charge is 0.255 e. The van der Waals surface area contributed by atoms with Crippen molar-refractivity contribution < 1.29 is 14.3 Å². The van der Waals surface area contributed by atoms with Gasteiger partial charge in [0.15, 0.2) is 11.5 Å². The standard InChI is InChI=1S/C19H16N2O3/c22-19(13-6-7-17-18(12-13)24-11-3-10-23-17)21-16-8-9-20-15-5-2-1-4-14(15)16/h1-2,4-9,12H,3,10-11H2,(H,20,21,22). The van der Waals surface area contributed by atoms with Crippen molar-refractivity contribution in [2.45, 2.75) is 6.42 Å². The summed E-state index contributed by atoms with van der Waals surface area (Å²) in [5.74, 6) is 1.10. The first-order valence-corrected chi connectivity index (χ1v) is 7.86. The van der Waals surface area contributed by atoms with Gasteiger partial charge in [0.1, 0.15) is 0 Å². The second kappa shape index (κ2) is 6.20. The average Bonchev–Trinajstić information content (AvgIpc) is 2.86. The van der Waals surface area contributed by atoms with E-state index in [0.717, 1.165) is 23.0 Å². The zero-order valence-corrected chi connectivity index (χ0v) is 13.0. The van der Waals surface area contributed by atoms with Gasteiger partial charge in [0, 0.05) is 23.6 Å². The van der Waals surface area contributed by atoms with Crippen molar-refractivity contribution >= 4 is 22.5 Å². The van der Waals surface area contributed by atoms with E-state index in [9.17, 15) is 4.79 Å². The minimum Gasteiger partial charge on any atom is -0.490 e. The minimum absolute atomic E-state index is 0.193. The molecule has 4 rings (SSSR count). The van der Waals surface area contributed by atoms with Crippen molar-refractivity contribution in [3.8, 4) is 11.5 Å². The van der Waals surface area contributed by atoms with E-state index in [-0.39, 0.29) is 5.91 Å². The fourth-order valence-electron chi connectivity index (χ4n) is 2.70. The predicted molar refractivity (Wildman–Crippen MR) is 91.7 cm³/mol. The Labute approximate surface area is 139 Å². The molecule has 24 heavy (non-hydrogen) atoms. The molecular weight excluding hydrogens is 304 g/mol. The van der Waals surface area contributed by atoms with Crippen molar-refractivity contribution in [3.63, 3.8) is 0 Å². The van der Waals surface area contributed by atoms with E-state index in [2.05, 4.69) is 10.3 Å². The molecule has 0 fully saturated rings. The number of nitrogens with zero attached hydrogens (tertiary/aromatic N) is 1. The van der Waals surface area contributed by atoms with Gasteiger partial charge in [-0.25, -0.2) is 0 Å². The monoisotopic (exact) mass is 320 g/mol. The Kier molecular flexibility index (Phi) is 3.75. The van der Waals surface area contributed by atoms with Crippen molar-refractivity contribution in [3.05, 3.63) is 60.3 Å². The number of ether oxygens (including phenoxy) is 2. The largest absolute Gasteiger partial charge is 0.490 e. The van der Waals surface area contributed by atoms with Crippen molar-refractivity contribution in [2.75, 3.05) is 18.5 Å². The number of carbonyl (C=O) groups excluding carboxylic acids is 1. The molecular formula is C19H16N2O3. The van der Waals surface area contributed by atoms with Crippen LogP contribution in [0, 0.1) is 0 Å². The van der Waals surface area contributed by atoms with Crippen LogP contribution in [0.3, 0.4) is 0 Å². The van der Waals surface area contributed by atoms with E-state index in [1.807, 2.05) is 24.3 Å². The third-order valence-corrected chi connectivity index (χ3v) is 3.91. The van der Waals surface area contributed by atoms with Crippen LogP contribution in [-0.2, 0) is 0 Å². The van der Waals surface area contributed by atoms with E-state index in [1.165, 1.54) is 0 Å². The highest BCUT2D eigenvalue weighted by molar-refractivity contribution is 6.08. The van der Waals surface area contributed by atoms with Crippen LogP contribution in [0.15, 0.2) is 54.7 Å². The number of rotatable bonds is 2. The fraction of sp³-hybridized carbons (Fsp3) is 0.158. The van der Waals surface area contributed by atoms with Crippen LogP contribution in [0.4, 0.5) is 5.69 Å². The van der Waals surface area contributed by atoms with Crippen molar-refractivity contribution in [1.82, 2.24) is 4.98 Å². The minimum atomic E-state index is -0.193. The van der Waals surface area contributed by atoms with E-state index in [4.69, 9.17) is 9.47 Å². The molecule has 0 unspecified atom stereocenters. The Morgan fingerprint density at radius 3 is 2.75 bits per heavy atom. The Hall–Kier alpha value is -3.08. The lowest BCUT2D eigenvalue weighted by molar-refractivity contribution is 0.102. The zero-order valence-electron chi connectivity index (χ0n) is 13.0. The Bertz CT molecular complexity index is 903. The molecule has 1 aromatic heterocycles. The molecule has 120 valence electrons. The molecule has 1 N–H and O–H groups in total. The number of amides is 1. The molecule has 1 aliphatic rings. The van der Waals surface area contributed by atoms with Gasteiger partial charge in [0.2, 0.25) is 0 Å². The van der Waals surface area contributed by atoms with Gasteiger partial charge >= 0.3 is 0 Å². The highest BCUT2D eigenvalue weighted by atomic mass is 16.5. The number of anilines is 1. The zero-order chi connectivity index (χ0) is 16.4. The van der Waals surface area contributed by atoms with Gasteiger partial charge in [-0.3, -0.25) is 9.78 Å². The summed E-state index contributed by atoms with van der Waals surface area (Å²) in [6.07, 6.45) is 2.52. The Balaban J connectivity index is 1.63. The number of benzene rings is 2. The quantitative estimate of drug-likeness (QED) is 0.783. The summed E-state index contributed by atoms with van der Waals surface area (Å²) in [6.45, 7) is 1.22. The van der Waals surface area contributed by atoms with Crippen LogP contribution >= 0.6 is 0 Å². The van der Waals surface area contributed by atoms with Gasteiger partial charge in [0.05, 0.1) is 24.4 Å². The molecule has 5 heteroatoms. The molecule has 1 amide bonds. The summed E-state index contributed by atoms with van der Waals surface area (Å²) in [7, 11) is 0. The van der Waals surface area contributed by atoms with Crippen molar-refractivity contribution in [2.24, 2.45) is 0 Å². The number of nitrogens with one attached hydrogen (secondary N) is 1. The summed E-state index contributed by atoms with van der Waals surface area (Å²) in [6, 6.07) is 14.7. The van der Waals surface area contributed by atoms with Crippen LogP contribution in [0.1, 0.15) is 16.8 Å². The number of hydrogen-bond acceptors (Lipinski definition) is 4. The number of para-hydroxylation sites is 1. The van der Waals surface area contributed by atoms with Gasteiger partial charge in [-0.1, -0.05) is 18.2 Å². The predicted octanol–water partition coefficient (Wildman–Crippen LogP) is 3.65. The Morgan fingerprint density at radius 2 is 1.83 bits per heavy atom. The van der Waals surface area contributed by atoms with Gasteiger partial charge in [-0.05, 0) is 30.3 Å². The fourth-order valence-corrected chi connectivity index (χ4v) is 2.70. The van der Waals surface area contributed by atoms with Gasteiger partial charge < -0.3 is 14.8 Å². The van der Waals surface area contributed by atoms with Crippen LogP contribution in [0.25, 0.3) is 10.9 Å². The molecule has 0 saturated heterocycles. The second-order valence-electron chi connectivity index (χ2n) is 5.54. The highest BCUT2D eigenvalue weighted by Gasteiger charge is 2.15. The number of hydrogen-bond donors (Lipinski definition) is 1. The maximum absolute atomic E-state index is 12.6. The first-order valence-electron chi connectivity index (χ1n) is 7.86. The molecule has 0 aliphatic carbocycles. The molecule has 1 aliphatic heterocycles. The molecule has 0 bridgehead atoms. The number of aromatic nitrogens is 1. The topological polar surface area (TPSA) is 60.5 Å². The SMILES string of the molecule is O=C(Nc1ccnc2ccccc12)c1ccc2c(c1)OCCCO2. The van der Waals surface area contributed by atoms with Crippen LogP contribution in [-0.4, -0.2) is 24.1 Å². The average molecular weight is 320 g/mol. The molecule has 0 atom stereocenters. The molecule has 0 spiro atoms. The maximum Gasteiger partial charge on any atom is 0.255 e. The molecule has 3 aromatic rings. The van der Waals surface area contributed by atoms with E-state index in [1.54, 1.807) is 30.5 Å². The third kappa shape index (κ3) is 2.76. The van der Waals surface area contributed by atoms with Gasteiger partial charge in [0.25, 0.3) is 5.91 Å². The van der Waals surface area contributed by atoms with Gasteiger partial charge in [-0.2, -0.15) is 0 Å². The maximum atomic E-state index is 12.6. The highest BCUT2D eigenvalue weighted by Crippen LogP contribution is 2.31. The van der Waals surface area contributed by atoms with Crippen LogP contribution in [0.2, 0.25) is 0 Å². The van der Waals surface area contributed by atoms with E-state index in [0.29, 0.717) is 30.3 Å². The number of carbonyl (C=O) groups is 1. The van der Waals surface area contributed by atoms with Crippen molar-refractivity contribution in [1.29, 1.82) is 0 Å². The molecule has 2 aromatic carbocycles. The summed E-state index contributed by atoms with van der Waals surface area (Å²) < 4.78 is 11.2. The second-order valence-corrected chi connectivity index (χ2v) is 5.54. The Morgan fingerprint density at radius 1 is 1.00 bits per heavy atom. The molecule has 5 nitrogen and oxygen atoms in total. The summed E-state index contributed by atoms with van der Waals surface area (Å²) in [5.41, 5.74) is 2.10. The third-order valence-electron chi connectivity index (χ3n) is 3.91. The van der Waals surface area contributed by atoms with Crippen LogP contribution < -0.4 is 14.8 Å². The molecule has 0 saturated carbocycles. The number of fused-ring (bicyclic) bond motifs is 2. The lowest BCUT2D eigenvalue weighted by Gasteiger charge is -2.11. The summed E-state index contributed by atoms with van der Waals surface area (Å²) in [5, 5.41) is 3.85. The normalized spacial score (nSPS) is 13.3. The van der Waals surface area contributed by atoms with E-state index < -0.39 is 0 Å². The lowest BCUT2D eigenvalue weighted by atomic mass is 10.1. The molecule has 0 radical (unpaired) electrons. The summed E-state index contributed by atoms with van der Waals surface area (Å²) in [4.78, 5) is 16.9. The lowest BCUT2D eigenvalue weighted by Crippen LogP contribution is -2.12. The first kappa shape index (κ1) is 14.5. The number of pyridine rings is 1. The van der Waals surface area contributed by atoms with Gasteiger partial charge in [-0.15, -0.1) is 0 Å². The van der Waals surface area contributed by atoms with Crippen LogP contribution in [0.5, 0.6) is 11.5 Å². The summed E-state index contributed by atoms with van der Waals surface area (Å²) >= 11 is 0. The first-order chi connectivity index (χ1) is 11.8.